The van der Waals surface area contributed by atoms with Crippen molar-refractivity contribution in [3.8, 4) is 0 Å². The van der Waals surface area contributed by atoms with Gasteiger partial charge in [-0.2, -0.15) is 5.10 Å². The monoisotopic (exact) mass is 330 g/mol. The standard InChI is InChI=1S/C18H26N4O2/c1-11-17(12(2)20(3)19-11)15-5-4-8-21(15)18(24)13-9-16(23)22(10-13)14-6-7-14/h13-15H,4-10H2,1-3H3/t13-,15+/m0/s1. The van der Waals surface area contributed by atoms with Crippen LogP contribution in [0.4, 0.5) is 0 Å². The topological polar surface area (TPSA) is 58.4 Å². The number of likely N-dealkylation sites (tertiary alicyclic amines) is 2. The van der Waals surface area contributed by atoms with E-state index in [2.05, 4.69) is 12.0 Å². The molecule has 4 rings (SSSR count). The van der Waals surface area contributed by atoms with Crippen molar-refractivity contribution in [1.29, 1.82) is 0 Å². The third-order valence-electron chi connectivity index (χ3n) is 5.93. The van der Waals surface area contributed by atoms with Crippen molar-refractivity contribution in [2.45, 2.75) is 58.0 Å². The maximum absolute atomic E-state index is 13.1. The lowest BCUT2D eigenvalue weighted by atomic mass is 10.0. The lowest BCUT2D eigenvalue weighted by Gasteiger charge is -2.28. The third-order valence-corrected chi connectivity index (χ3v) is 5.93. The molecule has 1 aliphatic carbocycles. The van der Waals surface area contributed by atoms with Gasteiger partial charge in [0.1, 0.15) is 0 Å². The van der Waals surface area contributed by atoms with Gasteiger partial charge in [0.25, 0.3) is 0 Å². The molecule has 2 aliphatic heterocycles. The van der Waals surface area contributed by atoms with E-state index >= 15 is 0 Å². The molecule has 0 N–H and O–H groups in total. The van der Waals surface area contributed by atoms with Gasteiger partial charge < -0.3 is 9.80 Å². The average molecular weight is 330 g/mol. The average Bonchev–Trinajstić information content (AvgIpc) is 3.05. The van der Waals surface area contributed by atoms with E-state index in [0.717, 1.165) is 43.6 Å². The van der Waals surface area contributed by atoms with Crippen LogP contribution in [0.5, 0.6) is 0 Å². The number of hydrogen-bond donors (Lipinski definition) is 0. The number of rotatable bonds is 3. The fourth-order valence-corrected chi connectivity index (χ4v) is 4.47. The first-order valence-corrected chi connectivity index (χ1v) is 9.07. The molecule has 6 heteroatoms. The SMILES string of the molecule is Cc1nn(C)c(C)c1[C@H]1CCCN1C(=O)[C@H]1CC(=O)N(C2CC2)C1. The van der Waals surface area contributed by atoms with Crippen molar-refractivity contribution in [1.82, 2.24) is 19.6 Å². The summed E-state index contributed by atoms with van der Waals surface area (Å²) in [7, 11) is 1.95. The summed E-state index contributed by atoms with van der Waals surface area (Å²) in [5.74, 6) is 0.174. The Morgan fingerprint density at radius 1 is 1.21 bits per heavy atom. The van der Waals surface area contributed by atoms with Crippen LogP contribution in [-0.4, -0.2) is 50.5 Å². The van der Waals surface area contributed by atoms with Crippen LogP contribution in [0.1, 0.15) is 55.1 Å². The first kappa shape index (κ1) is 15.7. The molecule has 3 aliphatic rings. The highest BCUT2D eigenvalue weighted by Gasteiger charge is 2.44. The number of carbonyl (C=O) groups is 2. The Kier molecular flexibility index (Phi) is 3.66. The predicted molar refractivity (Wildman–Crippen MR) is 89.2 cm³/mol. The van der Waals surface area contributed by atoms with Crippen molar-refractivity contribution in [3.63, 3.8) is 0 Å². The lowest BCUT2D eigenvalue weighted by molar-refractivity contribution is -0.136. The Bertz CT molecular complexity index is 691. The number of aromatic nitrogens is 2. The normalized spacial score (nSPS) is 27.4. The van der Waals surface area contributed by atoms with Crippen molar-refractivity contribution in [2.75, 3.05) is 13.1 Å². The first-order valence-electron chi connectivity index (χ1n) is 9.07. The van der Waals surface area contributed by atoms with Gasteiger partial charge in [0.2, 0.25) is 11.8 Å². The van der Waals surface area contributed by atoms with Crippen LogP contribution in [-0.2, 0) is 16.6 Å². The van der Waals surface area contributed by atoms with Gasteiger partial charge in [-0.15, -0.1) is 0 Å². The number of hydrogen-bond acceptors (Lipinski definition) is 3. The summed E-state index contributed by atoms with van der Waals surface area (Å²) in [4.78, 5) is 29.3. The number of aryl methyl sites for hydroxylation is 2. The molecule has 2 atom stereocenters. The van der Waals surface area contributed by atoms with Crippen LogP contribution in [0.3, 0.4) is 0 Å². The van der Waals surface area contributed by atoms with E-state index < -0.39 is 0 Å². The van der Waals surface area contributed by atoms with Gasteiger partial charge in [-0.1, -0.05) is 0 Å². The summed E-state index contributed by atoms with van der Waals surface area (Å²) in [6.45, 7) is 5.52. The largest absolute Gasteiger partial charge is 0.339 e. The molecule has 0 bridgehead atoms. The van der Waals surface area contributed by atoms with Gasteiger partial charge in [-0.25, -0.2) is 0 Å². The molecular formula is C18H26N4O2. The molecule has 0 radical (unpaired) electrons. The molecule has 3 heterocycles. The summed E-state index contributed by atoms with van der Waals surface area (Å²) >= 11 is 0. The van der Waals surface area contributed by atoms with Gasteiger partial charge in [-0.05, 0) is 39.5 Å². The summed E-state index contributed by atoms with van der Waals surface area (Å²) in [6, 6.07) is 0.531. The Hall–Kier alpha value is -1.85. The van der Waals surface area contributed by atoms with Crippen molar-refractivity contribution >= 4 is 11.8 Å². The number of carbonyl (C=O) groups excluding carboxylic acids is 2. The second-order valence-electron chi connectivity index (χ2n) is 7.58. The second-order valence-corrected chi connectivity index (χ2v) is 7.58. The zero-order valence-corrected chi connectivity index (χ0v) is 14.8. The predicted octanol–water partition coefficient (Wildman–Crippen LogP) is 1.71. The van der Waals surface area contributed by atoms with Crippen LogP contribution < -0.4 is 0 Å². The van der Waals surface area contributed by atoms with Crippen LogP contribution in [0.25, 0.3) is 0 Å². The van der Waals surface area contributed by atoms with E-state index in [0.29, 0.717) is 19.0 Å². The summed E-state index contributed by atoms with van der Waals surface area (Å²) in [5.41, 5.74) is 3.35. The van der Waals surface area contributed by atoms with Gasteiger partial charge in [0.15, 0.2) is 0 Å². The van der Waals surface area contributed by atoms with Crippen LogP contribution in [0.15, 0.2) is 0 Å². The van der Waals surface area contributed by atoms with Crippen LogP contribution in [0.2, 0.25) is 0 Å². The third kappa shape index (κ3) is 2.43. The van der Waals surface area contributed by atoms with E-state index in [1.165, 1.54) is 5.56 Å². The van der Waals surface area contributed by atoms with Gasteiger partial charge in [-0.3, -0.25) is 14.3 Å². The molecule has 1 aromatic heterocycles. The summed E-state index contributed by atoms with van der Waals surface area (Å²) in [5, 5.41) is 4.52. The minimum Gasteiger partial charge on any atom is -0.339 e. The van der Waals surface area contributed by atoms with Gasteiger partial charge in [0, 0.05) is 43.9 Å². The number of nitrogens with zero attached hydrogens (tertiary/aromatic N) is 4. The molecule has 0 unspecified atom stereocenters. The maximum Gasteiger partial charge on any atom is 0.228 e. The molecule has 6 nitrogen and oxygen atoms in total. The minimum absolute atomic E-state index is 0.122. The molecular weight excluding hydrogens is 304 g/mol. The fraction of sp³-hybridized carbons (Fsp3) is 0.722. The van der Waals surface area contributed by atoms with E-state index in [-0.39, 0.29) is 23.8 Å². The minimum atomic E-state index is -0.156. The lowest BCUT2D eigenvalue weighted by Crippen LogP contribution is -2.37. The van der Waals surface area contributed by atoms with E-state index in [1.807, 2.05) is 28.5 Å². The smallest absolute Gasteiger partial charge is 0.228 e. The van der Waals surface area contributed by atoms with Gasteiger partial charge in [0.05, 0.1) is 17.7 Å². The molecule has 1 aromatic rings. The molecule has 2 saturated heterocycles. The highest BCUT2D eigenvalue weighted by Crippen LogP contribution is 2.38. The maximum atomic E-state index is 13.1. The quantitative estimate of drug-likeness (QED) is 0.848. The zero-order valence-electron chi connectivity index (χ0n) is 14.8. The molecule has 130 valence electrons. The second kappa shape index (κ2) is 5.60. The molecule has 0 spiro atoms. The van der Waals surface area contributed by atoms with Crippen molar-refractivity contribution < 1.29 is 9.59 Å². The van der Waals surface area contributed by atoms with Crippen molar-refractivity contribution in [3.05, 3.63) is 17.0 Å². The summed E-state index contributed by atoms with van der Waals surface area (Å²) in [6.07, 6.45) is 4.62. The van der Waals surface area contributed by atoms with E-state index in [1.54, 1.807) is 0 Å². The molecule has 24 heavy (non-hydrogen) atoms. The van der Waals surface area contributed by atoms with Crippen LogP contribution in [0, 0.1) is 19.8 Å². The Morgan fingerprint density at radius 2 is 1.96 bits per heavy atom. The van der Waals surface area contributed by atoms with E-state index in [4.69, 9.17) is 0 Å². The highest BCUT2D eigenvalue weighted by molar-refractivity contribution is 5.90. The molecule has 3 fully saturated rings. The van der Waals surface area contributed by atoms with Crippen molar-refractivity contribution in [2.24, 2.45) is 13.0 Å². The zero-order chi connectivity index (χ0) is 17.0. The number of amides is 2. The highest BCUT2D eigenvalue weighted by atomic mass is 16.2. The Labute approximate surface area is 142 Å². The van der Waals surface area contributed by atoms with E-state index in [9.17, 15) is 9.59 Å². The molecule has 0 aromatic carbocycles. The van der Waals surface area contributed by atoms with Gasteiger partial charge >= 0.3 is 0 Å². The summed E-state index contributed by atoms with van der Waals surface area (Å²) < 4.78 is 1.90. The Balaban J connectivity index is 1.54. The fourth-order valence-electron chi connectivity index (χ4n) is 4.47. The van der Waals surface area contributed by atoms with Crippen LogP contribution >= 0.6 is 0 Å². The first-order chi connectivity index (χ1) is 11.5. The Morgan fingerprint density at radius 3 is 2.58 bits per heavy atom. The molecule has 1 saturated carbocycles. The molecule has 2 amide bonds.